The molecule has 0 bridgehead atoms. The molecule has 146 valence electrons. The summed E-state index contributed by atoms with van der Waals surface area (Å²) in [6.07, 6.45) is 0.562. The van der Waals surface area contributed by atoms with Crippen LogP contribution in [0.2, 0.25) is 0 Å². The van der Waals surface area contributed by atoms with E-state index < -0.39 is 0 Å². The van der Waals surface area contributed by atoms with Crippen LogP contribution in [0.1, 0.15) is 12.8 Å². The van der Waals surface area contributed by atoms with Crippen LogP contribution in [0.15, 0.2) is 59.5 Å². The Kier molecular flexibility index (Phi) is 5.86. The zero-order valence-electron chi connectivity index (χ0n) is 15.9. The molecule has 1 fully saturated rings. The van der Waals surface area contributed by atoms with E-state index >= 15 is 0 Å². The molecule has 4 rings (SSSR count). The van der Waals surface area contributed by atoms with Crippen LogP contribution in [-0.2, 0) is 9.59 Å². The van der Waals surface area contributed by atoms with E-state index in [0.29, 0.717) is 19.6 Å². The van der Waals surface area contributed by atoms with Gasteiger partial charge in [0.05, 0.1) is 5.69 Å². The van der Waals surface area contributed by atoms with Crippen molar-refractivity contribution in [1.82, 2.24) is 4.90 Å². The van der Waals surface area contributed by atoms with Crippen molar-refractivity contribution in [1.29, 1.82) is 0 Å². The molecule has 2 aromatic rings. The summed E-state index contributed by atoms with van der Waals surface area (Å²) < 4.78 is 0. The Morgan fingerprint density at radius 2 is 1.46 bits per heavy atom. The fraction of sp³-hybridized carbons (Fsp3) is 0.364. The van der Waals surface area contributed by atoms with Crippen LogP contribution in [0, 0.1) is 0 Å². The lowest BCUT2D eigenvalue weighted by atomic mass is 10.2. The number of nitrogens with zero attached hydrogens (tertiary/aromatic N) is 3. The van der Waals surface area contributed by atoms with E-state index in [1.807, 2.05) is 46.2 Å². The number of benzene rings is 2. The first-order chi connectivity index (χ1) is 13.7. The lowest BCUT2D eigenvalue weighted by Gasteiger charge is -2.36. The topological polar surface area (TPSA) is 43.9 Å². The van der Waals surface area contributed by atoms with E-state index in [9.17, 15) is 9.59 Å². The molecule has 0 aliphatic carbocycles. The number of hydrogen-bond acceptors (Lipinski definition) is 4. The number of carbonyl (C=O) groups excluding carboxylic acids is 2. The highest BCUT2D eigenvalue weighted by molar-refractivity contribution is 7.99. The van der Waals surface area contributed by atoms with Crippen molar-refractivity contribution in [2.75, 3.05) is 48.3 Å². The second kappa shape index (κ2) is 8.69. The van der Waals surface area contributed by atoms with Crippen molar-refractivity contribution in [2.24, 2.45) is 0 Å². The van der Waals surface area contributed by atoms with Crippen molar-refractivity contribution >= 4 is 35.0 Å². The summed E-state index contributed by atoms with van der Waals surface area (Å²) >= 11 is 1.78. The zero-order valence-corrected chi connectivity index (χ0v) is 16.7. The van der Waals surface area contributed by atoms with Crippen LogP contribution in [-0.4, -0.2) is 55.2 Å². The van der Waals surface area contributed by atoms with Crippen molar-refractivity contribution in [3.8, 4) is 0 Å². The lowest BCUT2D eigenvalue weighted by molar-refractivity contribution is -0.133. The highest BCUT2D eigenvalue weighted by atomic mass is 32.2. The van der Waals surface area contributed by atoms with E-state index in [4.69, 9.17) is 0 Å². The quantitative estimate of drug-likeness (QED) is 0.797. The van der Waals surface area contributed by atoms with Crippen LogP contribution in [0.25, 0.3) is 0 Å². The largest absolute Gasteiger partial charge is 0.368 e. The first-order valence-corrected chi connectivity index (χ1v) is 10.8. The summed E-state index contributed by atoms with van der Waals surface area (Å²) in [5.74, 6) is 1.03. The number of anilines is 2. The van der Waals surface area contributed by atoms with Crippen molar-refractivity contribution in [3.05, 3.63) is 54.6 Å². The van der Waals surface area contributed by atoms with E-state index in [1.54, 1.807) is 11.8 Å². The Morgan fingerprint density at radius 1 is 0.786 bits per heavy atom. The molecule has 0 radical (unpaired) electrons. The molecule has 0 unspecified atom stereocenters. The molecule has 0 aromatic heterocycles. The maximum Gasteiger partial charge on any atom is 0.227 e. The van der Waals surface area contributed by atoms with Gasteiger partial charge in [-0.2, -0.15) is 0 Å². The maximum atomic E-state index is 12.7. The Morgan fingerprint density at radius 3 is 2.25 bits per heavy atom. The number of para-hydroxylation sites is 2. The molecule has 6 heteroatoms. The standard InChI is InChI=1S/C22H25N3O2S/c26-21(24-14-12-23(13-15-24)18-6-2-1-3-7-18)10-11-22(27)25-16-17-28-20-9-5-4-8-19(20)25/h1-9H,10-17H2. The Labute approximate surface area is 170 Å². The third kappa shape index (κ3) is 4.17. The average Bonchev–Trinajstić information content (AvgIpc) is 2.77. The van der Waals surface area contributed by atoms with Gasteiger partial charge in [-0.05, 0) is 24.3 Å². The summed E-state index contributed by atoms with van der Waals surface area (Å²) in [5.41, 5.74) is 2.18. The van der Waals surface area contributed by atoms with Gasteiger partial charge in [0, 0.05) is 61.9 Å². The number of piperazine rings is 1. The molecule has 0 saturated carbocycles. The predicted molar refractivity (Wildman–Crippen MR) is 114 cm³/mol. The fourth-order valence-corrected chi connectivity index (χ4v) is 4.78. The van der Waals surface area contributed by atoms with Crippen LogP contribution in [0.3, 0.4) is 0 Å². The predicted octanol–water partition coefficient (Wildman–Crippen LogP) is 3.25. The number of thioether (sulfide) groups is 1. The molecular weight excluding hydrogens is 370 g/mol. The summed E-state index contributed by atoms with van der Waals surface area (Å²) in [6.45, 7) is 3.81. The van der Waals surface area contributed by atoms with E-state index in [0.717, 1.165) is 29.4 Å². The summed E-state index contributed by atoms with van der Waals surface area (Å²) in [6, 6.07) is 18.3. The third-order valence-corrected chi connectivity index (χ3v) is 6.38. The fourth-order valence-electron chi connectivity index (χ4n) is 3.79. The first-order valence-electron chi connectivity index (χ1n) is 9.82. The van der Waals surface area contributed by atoms with Crippen molar-refractivity contribution in [2.45, 2.75) is 17.7 Å². The van der Waals surface area contributed by atoms with Gasteiger partial charge in [-0.15, -0.1) is 11.8 Å². The molecule has 2 aromatic carbocycles. The van der Waals surface area contributed by atoms with Gasteiger partial charge in [-0.25, -0.2) is 0 Å². The van der Waals surface area contributed by atoms with E-state index in [1.165, 1.54) is 5.69 Å². The van der Waals surface area contributed by atoms with Gasteiger partial charge >= 0.3 is 0 Å². The summed E-state index contributed by atoms with van der Waals surface area (Å²) in [4.78, 5) is 32.5. The molecule has 0 atom stereocenters. The normalized spacial score (nSPS) is 16.6. The minimum Gasteiger partial charge on any atom is -0.368 e. The molecule has 28 heavy (non-hydrogen) atoms. The van der Waals surface area contributed by atoms with E-state index in [2.05, 4.69) is 23.1 Å². The maximum absolute atomic E-state index is 12.7. The molecular formula is C22H25N3O2S. The van der Waals surface area contributed by atoms with E-state index in [-0.39, 0.29) is 24.7 Å². The van der Waals surface area contributed by atoms with Gasteiger partial charge < -0.3 is 14.7 Å². The van der Waals surface area contributed by atoms with Crippen LogP contribution in [0.5, 0.6) is 0 Å². The molecule has 5 nitrogen and oxygen atoms in total. The van der Waals surface area contributed by atoms with Gasteiger partial charge in [-0.3, -0.25) is 9.59 Å². The average molecular weight is 396 g/mol. The number of fused-ring (bicyclic) bond motifs is 1. The molecule has 2 aliphatic heterocycles. The van der Waals surface area contributed by atoms with Gasteiger partial charge in [0.25, 0.3) is 0 Å². The number of carbonyl (C=O) groups is 2. The minimum absolute atomic E-state index is 0.0454. The first kappa shape index (κ1) is 18.9. The zero-order chi connectivity index (χ0) is 19.3. The molecule has 2 amide bonds. The number of amides is 2. The Bertz CT molecular complexity index is 835. The second-order valence-electron chi connectivity index (χ2n) is 7.06. The molecule has 2 heterocycles. The number of rotatable bonds is 4. The van der Waals surface area contributed by atoms with Gasteiger partial charge in [0.15, 0.2) is 0 Å². The minimum atomic E-state index is 0.0454. The Hall–Kier alpha value is -2.47. The third-order valence-electron chi connectivity index (χ3n) is 5.34. The second-order valence-corrected chi connectivity index (χ2v) is 8.20. The van der Waals surface area contributed by atoms with Crippen LogP contribution in [0.4, 0.5) is 11.4 Å². The highest BCUT2D eigenvalue weighted by Crippen LogP contribution is 2.34. The van der Waals surface area contributed by atoms with Crippen LogP contribution < -0.4 is 9.80 Å². The highest BCUT2D eigenvalue weighted by Gasteiger charge is 2.25. The van der Waals surface area contributed by atoms with Gasteiger partial charge in [0.1, 0.15) is 0 Å². The smallest absolute Gasteiger partial charge is 0.227 e. The number of hydrogen-bond donors (Lipinski definition) is 0. The van der Waals surface area contributed by atoms with Crippen molar-refractivity contribution < 1.29 is 9.59 Å². The van der Waals surface area contributed by atoms with Crippen molar-refractivity contribution in [3.63, 3.8) is 0 Å². The van der Waals surface area contributed by atoms with Gasteiger partial charge in [0.2, 0.25) is 11.8 Å². The summed E-state index contributed by atoms with van der Waals surface area (Å²) in [7, 11) is 0. The molecule has 2 aliphatic rings. The van der Waals surface area contributed by atoms with Crippen LogP contribution >= 0.6 is 11.8 Å². The Balaban J connectivity index is 1.28. The molecule has 0 spiro atoms. The molecule has 1 saturated heterocycles. The summed E-state index contributed by atoms with van der Waals surface area (Å²) in [5, 5.41) is 0. The lowest BCUT2D eigenvalue weighted by Crippen LogP contribution is -2.49. The SMILES string of the molecule is O=C(CCC(=O)N1CCSc2ccccc21)N1CCN(c2ccccc2)CC1. The van der Waals surface area contributed by atoms with Gasteiger partial charge in [-0.1, -0.05) is 30.3 Å². The molecule has 0 N–H and O–H groups in total. The monoisotopic (exact) mass is 395 g/mol.